The van der Waals surface area contributed by atoms with Gasteiger partial charge in [-0.1, -0.05) is 48.5 Å². The molecule has 2 aliphatic heterocycles. The normalized spacial score (nSPS) is 21.3. The zero-order chi connectivity index (χ0) is 20.1. The standard InChI is InChI=1S/C22H31N5OS/c1-2-26-21(17-8-4-3-5-9-17)24-25-22(26)29-16-20(28)19-10-6-7-15-27(19)18-11-13-23-14-12-18/h3-5,8-9,18-19,23H,2,6-7,10-16H2,1H3. The van der Waals surface area contributed by atoms with Crippen LogP contribution < -0.4 is 5.32 Å². The highest BCUT2D eigenvalue weighted by Crippen LogP contribution is 2.28. The van der Waals surface area contributed by atoms with E-state index < -0.39 is 0 Å². The first-order valence-corrected chi connectivity index (χ1v) is 11.9. The van der Waals surface area contributed by atoms with Gasteiger partial charge in [0.05, 0.1) is 11.8 Å². The topological polar surface area (TPSA) is 63.1 Å². The number of piperidine rings is 2. The number of ketones is 1. The van der Waals surface area contributed by atoms with Crippen LogP contribution in [0, 0.1) is 0 Å². The van der Waals surface area contributed by atoms with Gasteiger partial charge in [-0.3, -0.25) is 9.69 Å². The minimum atomic E-state index is 0.0749. The number of carbonyl (C=O) groups excluding carboxylic acids is 1. The Morgan fingerprint density at radius 2 is 1.93 bits per heavy atom. The van der Waals surface area contributed by atoms with Gasteiger partial charge in [0.1, 0.15) is 0 Å². The number of Topliss-reactive ketones (excluding diaryl/α,β-unsaturated/α-hetero) is 1. The van der Waals surface area contributed by atoms with E-state index in [-0.39, 0.29) is 6.04 Å². The molecule has 2 aliphatic rings. The van der Waals surface area contributed by atoms with Crippen LogP contribution in [0.1, 0.15) is 39.0 Å². The van der Waals surface area contributed by atoms with Crippen LogP contribution in [0.25, 0.3) is 11.4 Å². The monoisotopic (exact) mass is 413 g/mol. The molecule has 0 saturated carbocycles. The molecule has 1 atom stereocenters. The predicted molar refractivity (Wildman–Crippen MR) is 117 cm³/mol. The first-order valence-electron chi connectivity index (χ1n) is 10.9. The van der Waals surface area contributed by atoms with Gasteiger partial charge in [0.2, 0.25) is 0 Å². The molecule has 0 spiro atoms. The largest absolute Gasteiger partial charge is 0.317 e. The lowest BCUT2D eigenvalue weighted by Gasteiger charge is -2.42. The van der Waals surface area contributed by atoms with Gasteiger partial charge in [-0.05, 0) is 52.2 Å². The lowest BCUT2D eigenvalue weighted by atomic mass is 9.94. The first kappa shape index (κ1) is 20.6. The molecule has 1 unspecified atom stereocenters. The molecule has 2 fully saturated rings. The van der Waals surface area contributed by atoms with Crippen molar-refractivity contribution in [3.05, 3.63) is 30.3 Å². The molecule has 1 aromatic heterocycles. The number of nitrogens with one attached hydrogen (secondary N) is 1. The van der Waals surface area contributed by atoms with Crippen molar-refractivity contribution in [3.8, 4) is 11.4 Å². The molecule has 7 heteroatoms. The molecule has 2 saturated heterocycles. The summed E-state index contributed by atoms with van der Waals surface area (Å²) in [6.07, 6.45) is 5.68. The molecule has 1 N–H and O–H groups in total. The number of nitrogens with zero attached hydrogens (tertiary/aromatic N) is 4. The SMILES string of the molecule is CCn1c(SCC(=O)C2CCCCN2C2CCNCC2)nnc1-c1ccccc1. The maximum absolute atomic E-state index is 13.2. The summed E-state index contributed by atoms with van der Waals surface area (Å²) in [5.74, 6) is 1.69. The van der Waals surface area contributed by atoms with Crippen LogP contribution in [-0.4, -0.2) is 62.9 Å². The molecule has 29 heavy (non-hydrogen) atoms. The second-order valence-corrected chi connectivity index (χ2v) is 8.84. The molecule has 2 aromatic rings. The smallest absolute Gasteiger partial charge is 0.191 e. The van der Waals surface area contributed by atoms with Crippen molar-refractivity contribution < 1.29 is 4.79 Å². The molecule has 1 aromatic carbocycles. The maximum Gasteiger partial charge on any atom is 0.191 e. The van der Waals surface area contributed by atoms with Crippen LogP contribution in [0.2, 0.25) is 0 Å². The number of aromatic nitrogens is 3. The van der Waals surface area contributed by atoms with Gasteiger partial charge in [-0.2, -0.15) is 0 Å². The number of rotatable bonds is 7. The van der Waals surface area contributed by atoms with Gasteiger partial charge < -0.3 is 9.88 Å². The van der Waals surface area contributed by atoms with Gasteiger partial charge in [0, 0.05) is 18.2 Å². The van der Waals surface area contributed by atoms with Gasteiger partial charge in [0.25, 0.3) is 0 Å². The van der Waals surface area contributed by atoms with Crippen LogP contribution >= 0.6 is 11.8 Å². The fraction of sp³-hybridized carbons (Fsp3) is 0.591. The number of hydrogen-bond acceptors (Lipinski definition) is 6. The minimum Gasteiger partial charge on any atom is -0.317 e. The van der Waals surface area contributed by atoms with Crippen LogP contribution in [0.5, 0.6) is 0 Å². The van der Waals surface area contributed by atoms with E-state index in [4.69, 9.17) is 0 Å². The Hall–Kier alpha value is -1.70. The molecule has 0 radical (unpaired) electrons. The average Bonchev–Trinajstić information content (AvgIpc) is 3.21. The van der Waals surface area contributed by atoms with Crippen molar-refractivity contribution in [3.63, 3.8) is 0 Å². The van der Waals surface area contributed by atoms with E-state index in [1.54, 1.807) is 0 Å². The predicted octanol–water partition coefficient (Wildman–Crippen LogP) is 3.23. The molecule has 0 aliphatic carbocycles. The van der Waals surface area contributed by atoms with Crippen LogP contribution in [0.4, 0.5) is 0 Å². The Balaban J connectivity index is 1.43. The number of thioether (sulfide) groups is 1. The summed E-state index contributed by atoms with van der Waals surface area (Å²) in [6, 6.07) is 10.8. The number of likely N-dealkylation sites (tertiary alicyclic amines) is 1. The number of carbonyl (C=O) groups is 1. The Kier molecular flexibility index (Phi) is 7.00. The summed E-state index contributed by atoms with van der Waals surface area (Å²) in [5, 5.41) is 13.1. The number of benzene rings is 1. The fourth-order valence-corrected chi connectivity index (χ4v) is 5.52. The van der Waals surface area contributed by atoms with Crippen LogP contribution in [0.15, 0.2) is 35.5 Å². The summed E-state index contributed by atoms with van der Waals surface area (Å²) in [4.78, 5) is 15.7. The quantitative estimate of drug-likeness (QED) is 0.703. The summed E-state index contributed by atoms with van der Waals surface area (Å²) in [5.41, 5.74) is 1.06. The minimum absolute atomic E-state index is 0.0749. The third-order valence-corrected chi connectivity index (χ3v) is 7.09. The molecule has 4 rings (SSSR count). The first-order chi connectivity index (χ1) is 14.3. The Labute approximate surface area is 177 Å². The van der Waals surface area contributed by atoms with Crippen molar-refractivity contribution in [2.45, 2.75) is 62.8 Å². The molecular formula is C22H31N5OS. The molecule has 0 bridgehead atoms. The molecule has 156 valence electrons. The van der Waals surface area contributed by atoms with E-state index in [1.807, 2.05) is 18.2 Å². The number of hydrogen-bond donors (Lipinski definition) is 1. The highest BCUT2D eigenvalue weighted by atomic mass is 32.2. The van der Waals surface area contributed by atoms with E-state index in [9.17, 15) is 4.79 Å². The van der Waals surface area contributed by atoms with E-state index in [0.29, 0.717) is 17.6 Å². The highest BCUT2D eigenvalue weighted by Gasteiger charge is 2.33. The second-order valence-electron chi connectivity index (χ2n) is 7.90. The lowest BCUT2D eigenvalue weighted by molar-refractivity contribution is -0.124. The van der Waals surface area contributed by atoms with E-state index in [2.05, 4.69) is 44.0 Å². The Morgan fingerprint density at radius 1 is 1.14 bits per heavy atom. The Morgan fingerprint density at radius 3 is 2.69 bits per heavy atom. The van der Waals surface area contributed by atoms with Crippen molar-refractivity contribution in [1.29, 1.82) is 0 Å². The van der Waals surface area contributed by atoms with Crippen molar-refractivity contribution in [2.24, 2.45) is 0 Å². The highest BCUT2D eigenvalue weighted by molar-refractivity contribution is 7.99. The zero-order valence-corrected chi connectivity index (χ0v) is 18.0. The van der Waals surface area contributed by atoms with Gasteiger partial charge in [-0.25, -0.2) is 0 Å². The van der Waals surface area contributed by atoms with E-state index >= 15 is 0 Å². The van der Waals surface area contributed by atoms with Crippen LogP contribution in [0.3, 0.4) is 0 Å². The van der Waals surface area contributed by atoms with Crippen molar-refractivity contribution in [1.82, 2.24) is 25.0 Å². The average molecular weight is 414 g/mol. The summed E-state index contributed by atoms with van der Waals surface area (Å²) in [6.45, 7) is 6.09. The van der Waals surface area contributed by atoms with Crippen LogP contribution in [-0.2, 0) is 11.3 Å². The van der Waals surface area contributed by atoms with E-state index in [1.165, 1.54) is 18.2 Å². The molecular weight excluding hydrogens is 382 g/mol. The summed E-state index contributed by atoms with van der Waals surface area (Å²) in [7, 11) is 0. The third kappa shape index (κ3) is 4.73. The summed E-state index contributed by atoms with van der Waals surface area (Å²) >= 11 is 1.54. The second kappa shape index (κ2) is 9.87. The van der Waals surface area contributed by atoms with Gasteiger partial charge in [0.15, 0.2) is 16.8 Å². The zero-order valence-electron chi connectivity index (χ0n) is 17.2. The summed E-state index contributed by atoms with van der Waals surface area (Å²) < 4.78 is 2.11. The third-order valence-electron chi connectivity index (χ3n) is 6.10. The van der Waals surface area contributed by atoms with Gasteiger partial charge in [-0.15, -0.1) is 10.2 Å². The Bertz CT molecular complexity index is 803. The van der Waals surface area contributed by atoms with Crippen molar-refractivity contribution >= 4 is 17.5 Å². The maximum atomic E-state index is 13.2. The van der Waals surface area contributed by atoms with Gasteiger partial charge >= 0.3 is 0 Å². The van der Waals surface area contributed by atoms with Crippen molar-refractivity contribution in [2.75, 3.05) is 25.4 Å². The van der Waals surface area contributed by atoms with E-state index in [0.717, 1.165) is 68.4 Å². The molecule has 3 heterocycles. The molecule has 0 amide bonds. The molecule has 6 nitrogen and oxygen atoms in total. The lowest BCUT2D eigenvalue weighted by Crippen LogP contribution is -2.53. The fourth-order valence-electron chi connectivity index (χ4n) is 4.59.